The lowest BCUT2D eigenvalue weighted by atomic mass is 9.82. The predicted molar refractivity (Wildman–Crippen MR) is 250 cm³/mol. The fraction of sp³-hybridized carbons (Fsp3) is 0.0526. The molecule has 0 saturated carbocycles. The van der Waals surface area contributed by atoms with Crippen LogP contribution < -0.4 is 4.90 Å². The summed E-state index contributed by atoms with van der Waals surface area (Å²) in [4.78, 5) is 2.42. The van der Waals surface area contributed by atoms with Crippen LogP contribution >= 0.6 is 0 Å². The Kier molecular flexibility index (Phi) is 7.58. The second-order valence-corrected chi connectivity index (χ2v) is 16.5. The van der Waals surface area contributed by atoms with Crippen molar-refractivity contribution in [3.8, 4) is 44.5 Å². The number of furan rings is 2. The minimum atomic E-state index is -0.140. The summed E-state index contributed by atoms with van der Waals surface area (Å²) in [5, 5.41) is 4.44. The molecule has 0 amide bonds. The molecule has 60 heavy (non-hydrogen) atoms. The van der Waals surface area contributed by atoms with E-state index in [1.165, 1.54) is 33.4 Å². The topological polar surface area (TPSA) is 29.5 Å². The first-order valence-electron chi connectivity index (χ1n) is 20.7. The van der Waals surface area contributed by atoms with Gasteiger partial charge in [-0.3, -0.25) is 0 Å². The maximum absolute atomic E-state index is 6.32. The van der Waals surface area contributed by atoms with Crippen molar-refractivity contribution in [3.05, 3.63) is 211 Å². The third-order valence-corrected chi connectivity index (χ3v) is 12.7. The summed E-state index contributed by atoms with van der Waals surface area (Å²) in [6.45, 7) is 4.70. The highest BCUT2D eigenvalue weighted by molar-refractivity contribution is 6.09. The molecule has 0 aliphatic heterocycles. The Morgan fingerprint density at radius 2 is 0.800 bits per heavy atom. The molecule has 0 radical (unpaired) electrons. The van der Waals surface area contributed by atoms with Gasteiger partial charge < -0.3 is 13.7 Å². The molecule has 9 aromatic carbocycles. The van der Waals surface area contributed by atoms with E-state index in [1.54, 1.807) is 0 Å². The molecule has 2 heterocycles. The fourth-order valence-corrected chi connectivity index (χ4v) is 9.66. The van der Waals surface area contributed by atoms with Crippen molar-refractivity contribution in [2.45, 2.75) is 19.3 Å². The maximum atomic E-state index is 6.32. The van der Waals surface area contributed by atoms with Crippen LogP contribution in [-0.4, -0.2) is 0 Å². The lowest BCUT2D eigenvalue weighted by molar-refractivity contribution is 0.660. The Morgan fingerprint density at radius 3 is 1.48 bits per heavy atom. The van der Waals surface area contributed by atoms with Gasteiger partial charge in [-0.25, -0.2) is 0 Å². The van der Waals surface area contributed by atoms with Crippen LogP contribution in [0.25, 0.3) is 88.4 Å². The molecule has 0 atom stereocenters. The third-order valence-electron chi connectivity index (χ3n) is 12.7. The molecule has 11 aromatic rings. The number of rotatable bonds is 6. The zero-order valence-corrected chi connectivity index (χ0v) is 33.3. The summed E-state index contributed by atoms with van der Waals surface area (Å²) in [5.74, 6) is 0. The van der Waals surface area contributed by atoms with Gasteiger partial charge in [0.25, 0.3) is 0 Å². The summed E-state index contributed by atoms with van der Waals surface area (Å²) in [6, 6.07) is 72.2. The lowest BCUT2D eigenvalue weighted by Crippen LogP contribution is -2.16. The number of benzene rings is 9. The van der Waals surface area contributed by atoms with Crippen LogP contribution in [0.3, 0.4) is 0 Å². The van der Waals surface area contributed by atoms with Crippen molar-refractivity contribution in [3.63, 3.8) is 0 Å². The highest BCUT2D eigenvalue weighted by Gasteiger charge is 2.35. The molecule has 0 spiro atoms. The zero-order chi connectivity index (χ0) is 40.0. The van der Waals surface area contributed by atoms with Crippen molar-refractivity contribution < 1.29 is 8.83 Å². The van der Waals surface area contributed by atoms with Crippen LogP contribution in [0.1, 0.15) is 25.0 Å². The molecular formula is C57H39NO2. The van der Waals surface area contributed by atoms with Gasteiger partial charge in [-0.05, 0) is 128 Å². The van der Waals surface area contributed by atoms with Crippen LogP contribution in [0.2, 0.25) is 0 Å². The molecule has 3 nitrogen and oxygen atoms in total. The monoisotopic (exact) mass is 769 g/mol. The Bertz CT molecular complexity index is 3460. The third kappa shape index (κ3) is 5.36. The first-order chi connectivity index (χ1) is 29.5. The van der Waals surface area contributed by atoms with Crippen LogP contribution in [0.4, 0.5) is 17.1 Å². The minimum Gasteiger partial charge on any atom is -0.456 e. The van der Waals surface area contributed by atoms with Gasteiger partial charge in [0.2, 0.25) is 0 Å². The highest BCUT2D eigenvalue weighted by atomic mass is 16.3. The average Bonchev–Trinajstić information content (AvgIpc) is 3.94. The number of hydrogen-bond donors (Lipinski definition) is 0. The van der Waals surface area contributed by atoms with E-state index >= 15 is 0 Å². The predicted octanol–water partition coefficient (Wildman–Crippen LogP) is 16.3. The molecule has 0 bridgehead atoms. The fourth-order valence-electron chi connectivity index (χ4n) is 9.66. The molecule has 0 fully saturated rings. The summed E-state index contributed by atoms with van der Waals surface area (Å²) < 4.78 is 12.6. The molecule has 1 aliphatic rings. The standard InChI is InChI=1S/C57H39NO2/c1-57(2)51-17-9-6-14-44(51)45-29-27-42(35-52(45)57)58(40-24-20-37(21-25-40)36-12-4-3-5-13-36)41-26-28-43(38-22-30-55-49(32-38)46-15-7-10-18-53(46)59-55)48(34-41)39-23-31-56-50(33-39)47-16-8-11-19-54(47)60-56/h3-35H,1-2H3. The van der Waals surface area contributed by atoms with Crippen LogP contribution in [0.5, 0.6) is 0 Å². The molecule has 12 rings (SSSR count). The highest BCUT2D eigenvalue weighted by Crippen LogP contribution is 2.51. The van der Waals surface area contributed by atoms with Crippen molar-refractivity contribution >= 4 is 60.9 Å². The van der Waals surface area contributed by atoms with Crippen molar-refractivity contribution in [1.82, 2.24) is 0 Å². The molecule has 2 aromatic heterocycles. The summed E-state index contributed by atoms with van der Waals surface area (Å²) >= 11 is 0. The number of nitrogens with zero attached hydrogens (tertiary/aromatic N) is 1. The van der Waals surface area contributed by atoms with E-state index in [0.29, 0.717) is 0 Å². The molecule has 3 heteroatoms. The molecule has 0 unspecified atom stereocenters. The molecule has 0 saturated heterocycles. The minimum absolute atomic E-state index is 0.140. The second-order valence-electron chi connectivity index (χ2n) is 16.5. The lowest BCUT2D eigenvalue weighted by Gasteiger charge is -2.29. The van der Waals surface area contributed by atoms with Gasteiger partial charge in [0, 0.05) is 44.0 Å². The van der Waals surface area contributed by atoms with E-state index in [2.05, 4.69) is 195 Å². The number of hydrogen-bond acceptors (Lipinski definition) is 3. The Labute approximate surface area is 348 Å². The zero-order valence-electron chi connectivity index (χ0n) is 33.3. The number of anilines is 3. The summed E-state index contributed by atoms with van der Waals surface area (Å²) in [6.07, 6.45) is 0. The van der Waals surface area contributed by atoms with Gasteiger partial charge >= 0.3 is 0 Å². The number of fused-ring (bicyclic) bond motifs is 9. The second kappa shape index (κ2) is 13.2. The van der Waals surface area contributed by atoms with E-state index in [1.807, 2.05) is 24.3 Å². The summed E-state index contributed by atoms with van der Waals surface area (Å²) in [7, 11) is 0. The van der Waals surface area contributed by atoms with Crippen molar-refractivity contribution in [2.24, 2.45) is 0 Å². The summed E-state index contributed by atoms with van der Waals surface area (Å²) in [5.41, 5.74) is 18.9. The van der Waals surface area contributed by atoms with Gasteiger partial charge in [0.05, 0.1) is 0 Å². The van der Waals surface area contributed by atoms with E-state index in [0.717, 1.165) is 83.2 Å². The molecule has 284 valence electrons. The van der Waals surface area contributed by atoms with Gasteiger partial charge in [0.15, 0.2) is 0 Å². The number of para-hydroxylation sites is 2. The van der Waals surface area contributed by atoms with Gasteiger partial charge in [-0.2, -0.15) is 0 Å². The normalized spacial score (nSPS) is 13.0. The van der Waals surface area contributed by atoms with E-state index in [9.17, 15) is 0 Å². The molecular weight excluding hydrogens is 731 g/mol. The molecule has 0 N–H and O–H groups in total. The van der Waals surface area contributed by atoms with Gasteiger partial charge in [-0.1, -0.05) is 141 Å². The van der Waals surface area contributed by atoms with Crippen LogP contribution in [0.15, 0.2) is 209 Å². The Hall–Kier alpha value is -7.62. The Morgan fingerprint density at radius 1 is 0.317 bits per heavy atom. The average molecular weight is 770 g/mol. The van der Waals surface area contributed by atoms with Crippen LogP contribution in [-0.2, 0) is 5.41 Å². The largest absolute Gasteiger partial charge is 0.456 e. The van der Waals surface area contributed by atoms with Gasteiger partial charge in [-0.15, -0.1) is 0 Å². The first kappa shape index (κ1) is 34.4. The molecule has 1 aliphatic carbocycles. The Balaban J connectivity index is 1.08. The van der Waals surface area contributed by atoms with Crippen LogP contribution in [0, 0.1) is 0 Å². The van der Waals surface area contributed by atoms with Crippen molar-refractivity contribution in [1.29, 1.82) is 0 Å². The van der Waals surface area contributed by atoms with Gasteiger partial charge in [0.1, 0.15) is 22.3 Å². The van der Waals surface area contributed by atoms with E-state index in [4.69, 9.17) is 8.83 Å². The first-order valence-corrected chi connectivity index (χ1v) is 20.7. The SMILES string of the molecule is CC1(C)c2ccccc2-c2ccc(N(c3ccc(-c4ccccc4)cc3)c3ccc(-c4ccc5oc6ccccc6c5c4)c(-c4ccc5oc6ccccc6c5c4)c3)cc21. The maximum Gasteiger partial charge on any atom is 0.135 e. The van der Waals surface area contributed by atoms with E-state index < -0.39 is 0 Å². The smallest absolute Gasteiger partial charge is 0.135 e. The quantitative estimate of drug-likeness (QED) is 0.169. The van der Waals surface area contributed by atoms with Crippen molar-refractivity contribution in [2.75, 3.05) is 4.90 Å². The van der Waals surface area contributed by atoms with E-state index in [-0.39, 0.29) is 5.41 Å².